The van der Waals surface area contributed by atoms with Crippen molar-refractivity contribution in [3.8, 4) is 11.1 Å². The minimum Gasteiger partial charge on any atom is -0.0801 e. The highest BCUT2D eigenvalue weighted by atomic mass is 14.2. The molecule has 2 aliphatic rings. The number of hydrogen-bond donors (Lipinski definition) is 0. The van der Waals surface area contributed by atoms with Crippen molar-refractivity contribution in [2.45, 2.75) is 20.3 Å². The fourth-order valence-electron chi connectivity index (χ4n) is 4.32. The normalized spacial score (nSPS) is 14.7. The van der Waals surface area contributed by atoms with Gasteiger partial charge in [0.25, 0.3) is 0 Å². The fraction of sp³-hybridized carbons (Fsp3) is 0.111. The molecule has 0 spiro atoms. The number of hydrogen-bond acceptors (Lipinski definition) is 0. The van der Waals surface area contributed by atoms with Gasteiger partial charge in [-0.1, -0.05) is 72.3 Å². The molecule has 0 radical (unpaired) electrons. The van der Waals surface area contributed by atoms with Gasteiger partial charge in [-0.2, -0.15) is 0 Å². The third-order valence-electron chi connectivity index (χ3n) is 5.68. The van der Waals surface area contributed by atoms with E-state index in [-0.39, 0.29) is 0 Å². The zero-order valence-electron chi connectivity index (χ0n) is 15.8. The first-order chi connectivity index (χ1) is 13.2. The van der Waals surface area contributed by atoms with Crippen molar-refractivity contribution in [1.82, 2.24) is 0 Å². The molecule has 5 rings (SSSR count). The molecule has 0 atom stereocenters. The van der Waals surface area contributed by atoms with Gasteiger partial charge in [0.2, 0.25) is 0 Å². The number of allylic oxidation sites excluding steroid dienone is 4. The standard InChI is InChI=1S/C27H22/c1-18-12-13-24-23(14-18)17-26-25(24)16-22(15-20-8-4-3-5-9-20)19(2)27(26)21-10-6-7-11-21/h3-10,12-17H,11H2,1-2H3. The second kappa shape index (κ2) is 6.25. The minimum absolute atomic E-state index is 1.02. The number of rotatable bonds is 2. The Balaban J connectivity index is 1.84. The molecule has 0 aromatic heterocycles. The van der Waals surface area contributed by atoms with E-state index in [0.29, 0.717) is 0 Å². The molecule has 130 valence electrons. The molecule has 0 heteroatoms. The summed E-state index contributed by atoms with van der Waals surface area (Å²) in [6.07, 6.45) is 12.4. The second-order valence-electron chi connectivity index (χ2n) is 7.54. The predicted molar refractivity (Wildman–Crippen MR) is 116 cm³/mol. The summed E-state index contributed by atoms with van der Waals surface area (Å²) in [6.45, 7) is 4.44. The van der Waals surface area contributed by atoms with Gasteiger partial charge in [0, 0.05) is 0 Å². The molecule has 0 aliphatic heterocycles. The first-order valence-corrected chi connectivity index (χ1v) is 9.60. The first kappa shape index (κ1) is 16.1. The highest BCUT2D eigenvalue weighted by Gasteiger charge is 2.19. The molecule has 0 unspecified atom stereocenters. The lowest BCUT2D eigenvalue weighted by Gasteiger charge is -2.12. The van der Waals surface area contributed by atoms with Crippen molar-refractivity contribution in [2.75, 3.05) is 0 Å². The van der Waals surface area contributed by atoms with E-state index in [9.17, 15) is 0 Å². The zero-order valence-corrected chi connectivity index (χ0v) is 15.8. The molecule has 0 nitrogen and oxygen atoms in total. The maximum atomic E-state index is 2.38. The van der Waals surface area contributed by atoms with Gasteiger partial charge in [-0.05, 0) is 87.9 Å². The number of fused-ring (bicyclic) bond motifs is 3. The van der Waals surface area contributed by atoms with E-state index in [0.717, 1.165) is 6.42 Å². The lowest BCUT2D eigenvalue weighted by molar-refractivity contribution is 1.31. The molecule has 27 heavy (non-hydrogen) atoms. The Hall–Kier alpha value is -3.12. The van der Waals surface area contributed by atoms with E-state index < -0.39 is 0 Å². The molecule has 0 bridgehead atoms. The smallest absolute Gasteiger partial charge is 0.00881 e. The summed E-state index contributed by atoms with van der Waals surface area (Å²) < 4.78 is 0. The summed E-state index contributed by atoms with van der Waals surface area (Å²) in [6, 6.07) is 19.8. The molecule has 0 saturated heterocycles. The van der Waals surface area contributed by atoms with Crippen LogP contribution in [0.3, 0.4) is 0 Å². The molecule has 2 aliphatic carbocycles. The Morgan fingerprint density at radius 3 is 2.52 bits per heavy atom. The highest BCUT2D eigenvalue weighted by Crippen LogP contribution is 2.31. The Kier molecular flexibility index (Phi) is 3.72. The average molecular weight is 346 g/mol. The van der Waals surface area contributed by atoms with Crippen LogP contribution in [0.4, 0.5) is 0 Å². The summed E-state index contributed by atoms with van der Waals surface area (Å²) in [4.78, 5) is 0. The van der Waals surface area contributed by atoms with Crippen LogP contribution in [0.15, 0.2) is 72.8 Å². The Labute approximate surface area is 160 Å². The summed E-state index contributed by atoms with van der Waals surface area (Å²) >= 11 is 0. The van der Waals surface area contributed by atoms with Crippen LogP contribution >= 0.6 is 0 Å². The molecular formula is C27H22. The van der Waals surface area contributed by atoms with Crippen LogP contribution < -0.4 is 10.4 Å². The summed E-state index contributed by atoms with van der Waals surface area (Å²) in [5.74, 6) is 0. The van der Waals surface area contributed by atoms with Crippen molar-refractivity contribution in [1.29, 1.82) is 0 Å². The monoisotopic (exact) mass is 346 g/mol. The van der Waals surface area contributed by atoms with E-state index in [2.05, 4.69) is 98.8 Å². The highest BCUT2D eigenvalue weighted by molar-refractivity contribution is 5.88. The van der Waals surface area contributed by atoms with E-state index in [1.807, 2.05) is 0 Å². The van der Waals surface area contributed by atoms with Crippen LogP contribution in [0.5, 0.6) is 0 Å². The molecular weight excluding hydrogens is 324 g/mol. The van der Waals surface area contributed by atoms with Crippen LogP contribution in [0.1, 0.15) is 34.2 Å². The van der Waals surface area contributed by atoms with Crippen LogP contribution in [-0.4, -0.2) is 0 Å². The van der Waals surface area contributed by atoms with E-state index in [4.69, 9.17) is 0 Å². The molecule has 3 aromatic rings. The van der Waals surface area contributed by atoms with Gasteiger partial charge in [0.1, 0.15) is 0 Å². The van der Waals surface area contributed by atoms with E-state index in [1.54, 1.807) is 0 Å². The Morgan fingerprint density at radius 1 is 0.889 bits per heavy atom. The predicted octanol–water partition coefficient (Wildman–Crippen LogP) is 5.28. The molecule has 0 saturated carbocycles. The molecule has 0 fully saturated rings. The third-order valence-corrected chi connectivity index (χ3v) is 5.68. The van der Waals surface area contributed by atoms with Gasteiger partial charge in [0.15, 0.2) is 0 Å². The lowest BCUT2D eigenvalue weighted by Crippen LogP contribution is -2.20. The fourth-order valence-corrected chi connectivity index (χ4v) is 4.32. The van der Waals surface area contributed by atoms with Crippen molar-refractivity contribution >= 4 is 17.7 Å². The minimum atomic E-state index is 1.02. The third kappa shape index (κ3) is 2.69. The summed E-state index contributed by atoms with van der Waals surface area (Å²) in [7, 11) is 0. The quantitative estimate of drug-likeness (QED) is 0.463. The lowest BCUT2D eigenvalue weighted by atomic mass is 9.91. The largest absolute Gasteiger partial charge is 0.0801 e. The van der Waals surface area contributed by atoms with Crippen LogP contribution in [0.25, 0.3) is 28.9 Å². The molecule has 0 amide bonds. The van der Waals surface area contributed by atoms with Crippen molar-refractivity contribution in [2.24, 2.45) is 0 Å². The molecule has 3 aromatic carbocycles. The van der Waals surface area contributed by atoms with Gasteiger partial charge >= 0.3 is 0 Å². The average Bonchev–Trinajstić information content (AvgIpc) is 3.31. The second-order valence-corrected chi connectivity index (χ2v) is 7.54. The number of benzene rings is 3. The van der Waals surface area contributed by atoms with Gasteiger partial charge in [-0.25, -0.2) is 0 Å². The Morgan fingerprint density at radius 2 is 1.74 bits per heavy atom. The van der Waals surface area contributed by atoms with Crippen molar-refractivity contribution in [3.05, 3.63) is 111 Å². The summed E-state index contributed by atoms with van der Waals surface area (Å²) in [5.41, 5.74) is 10.8. The van der Waals surface area contributed by atoms with Crippen LogP contribution in [0.2, 0.25) is 0 Å². The summed E-state index contributed by atoms with van der Waals surface area (Å²) in [5, 5.41) is 2.69. The van der Waals surface area contributed by atoms with Gasteiger partial charge in [0.05, 0.1) is 0 Å². The van der Waals surface area contributed by atoms with Gasteiger partial charge in [-0.15, -0.1) is 0 Å². The zero-order chi connectivity index (χ0) is 18.4. The van der Waals surface area contributed by atoms with Gasteiger partial charge < -0.3 is 0 Å². The SMILES string of the molecule is Cc1ccc2c(c1)C=c1c-2cc(=Cc2ccccc2)c(C)c1C1=CC=CC1. The Bertz CT molecular complexity index is 1240. The van der Waals surface area contributed by atoms with Gasteiger partial charge in [-0.3, -0.25) is 0 Å². The topological polar surface area (TPSA) is 0 Å². The maximum Gasteiger partial charge on any atom is -0.00881 e. The molecule has 0 N–H and O–H groups in total. The van der Waals surface area contributed by atoms with Crippen LogP contribution in [-0.2, 0) is 0 Å². The maximum absolute atomic E-state index is 2.38. The number of aryl methyl sites for hydroxylation is 1. The van der Waals surface area contributed by atoms with Crippen LogP contribution in [0, 0.1) is 13.8 Å². The first-order valence-electron chi connectivity index (χ1n) is 9.60. The van der Waals surface area contributed by atoms with E-state index in [1.165, 1.54) is 55.0 Å². The molecule has 0 heterocycles. The van der Waals surface area contributed by atoms with Crippen molar-refractivity contribution < 1.29 is 0 Å². The van der Waals surface area contributed by atoms with Crippen molar-refractivity contribution in [3.63, 3.8) is 0 Å². The van der Waals surface area contributed by atoms with E-state index >= 15 is 0 Å².